The molecule has 2 N–H and O–H groups in total. The second kappa shape index (κ2) is 5.88. The third-order valence-electron chi connectivity index (χ3n) is 3.12. The first-order chi connectivity index (χ1) is 10.2. The molecule has 0 saturated heterocycles. The molecule has 2 heterocycles. The Balaban J connectivity index is 1.66. The average molecular weight is 282 g/mol. The summed E-state index contributed by atoms with van der Waals surface area (Å²) in [6, 6.07) is 9.91. The average Bonchev–Trinajstić information content (AvgIpc) is 2.91. The fraction of sp³-hybridized carbons (Fsp3) is 0.200. The molecule has 21 heavy (non-hydrogen) atoms. The van der Waals surface area contributed by atoms with Crippen molar-refractivity contribution in [3.63, 3.8) is 0 Å². The van der Waals surface area contributed by atoms with Crippen molar-refractivity contribution in [1.82, 2.24) is 19.5 Å². The van der Waals surface area contributed by atoms with Gasteiger partial charge >= 0.3 is 0 Å². The van der Waals surface area contributed by atoms with Gasteiger partial charge in [-0.25, -0.2) is 15.0 Å². The van der Waals surface area contributed by atoms with Crippen LogP contribution in [0.2, 0.25) is 0 Å². The van der Waals surface area contributed by atoms with E-state index in [0.29, 0.717) is 17.9 Å². The van der Waals surface area contributed by atoms with Crippen molar-refractivity contribution in [1.29, 1.82) is 0 Å². The number of nitrogen functional groups attached to an aromatic ring is 1. The lowest BCUT2D eigenvalue weighted by atomic mass is 10.2. The number of anilines is 1. The molecule has 3 rings (SSSR count). The van der Waals surface area contributed by atoms with Gasteiger partial charge in [0, 0.05) is 0 Å². The summed E-state index contributed by atoms with van der Waals surface area (Å²) in [6.07, 6.45) is 3.13. The maximum absolute atomic E-state index is 5.77. The van der Waals surface area contributed by atoms with E-state index in [0.717, 1.165) is 11.2 Å². The lowest BCUT2D eigenvalue weighted by molar-refractivity contribution is 0.116. The third-order valence-corrected chi connectivity index (χ3v) is 3.12. The highest BCUT2D eigenvalue weighted by molar-refractivity contribution is 5.81. The Labute approximate surface area is 122 Å². The predicted octanol–water partition coefficient (Wildman–Crippen LogP) is 2.02. The van der Waals surface area contributed by atoms with Crippen molar-refractivity contribution >= 4 is 17.0 Å². The molecule has 3 aromatic rings. The van der Waals surface area contributed by atoms with E-state index in [9.17, 15) is 0 Å². The highest BCUT2D eigenvalue weighted by Crippen LogP contribution is 2.15. The van der Waals surface area contributed by atoms with Crippen LogP contribution in [0.5, 0.6) is 0 Å². The molecule has 6 heteroatoms. The first kappa shape index (κ1) is 13.5. The summed E-state index contributed by atoms with van der Waals surface area (Å²) in [5, 5.41) is 0. The second-order valence-electron chi connectivity index (χ2n) is 4.80. The molecule has 107 valence electrons. The first-order valence-corrected chi connectivity index (χ1v) is 6.69. The molecule has 6 nitrogen and oxygen atoms in total. The molecular weight excluding hydrogens is 266 g/mol. The number of benzene rings is 1. The van der Waals surface area contributed by atoms with E-state index in [4.69, 9.17) is 10.5 Å². The third kappa shape index (κ3) is 3.00. The monoisotopic (exact) mass is 282 g/mol. The van der Waals surface area contributed by atoms with Gasteiger partial charge in [-0.15, -0.1) is 0 Å². The van der Waals surface area contributed by atoms with E-state index in [1.165, 1.54) is 6.33 Å². The number of nitrogens with two attached hydrogens (primary N) is 1. The Bertz CT molecular complexity index is 725. The Morgan fingerprint density at radius 2 is 2.05 bits per heavy atom. The van der Waals surface area contributed by atoms with E-state index in [-0.39, 0.29) is 6.10 Å². The number of rotatable bonds is 5. The number of imidazole rings is 1. The molecule has 0 spiro atoms. The predicted molar refractivity (Wildman–Crippen MR) is 80.1 cm³/mol. The van der Waals surface area contributed by atoms with Crippen LogP contribution >= 0.6 is 0 Å². The molecular formula is C15H16N5O. The van der Waals surface area contributed by atoms with Gasteiger partial charge in [0.2, 0.25) is 0 Å². The van der Waals surface area contributed by atoms with Crippen LogP contribution < -0.4 is 5.73 Å². The Morgan fingerprint density at radius 1 is 1.24 bits per heavy atom. The molecule has 2 aromatic heterocycles. The van der Waals surface area contributed by atoms with Crippen LogP contribution in [0.25, 0.3) is 11.2 Å². The summed E-state index contributed by atoms with van der Waals surface area (Å²) in [7, 11) is 0. The summed E-state index contributed by atoms with van der Waals surface area (Å²) < 4.78 is 7.65. The zero-order valence-corrected chi connectivity index (χ0v) is 11.7. The highest BCUT2D eigenvalue weighted by atomic mass is 16.5. The second-order valence-corrected chi connectivity index (χ2v) is 4.80. The minimum absolute atomic E-state index is 0.0150. The SMILES string of the molecule is C[C@H](Cn1cnc2c(N)ncnc21)O[CH]c1ccccc1. The van der Waals surface area contributed by atoms with Crippen molar-refractivity contribution in [2.45, 2.75) is 19.6 Å². The van der Waals surface area contributed by atoms with Gasteiger partial charge in [-0.05, 0) is 12.5 Å². The zero-order valence-electron chi connectivity index (χ0n) is 11.7. The number of aromatic nitrogens is 4. The zero-order chi connectivity index (χ0) is 14.7. The maximum atomic E-state index is 5.77. The maximum Gasteiger partial charge on any atom is 0.165 e. The summed E-state index contributed by atoms with van der Waals surface area (Å²) >= 11 is 0. The van der Waals surface area contributed by atoms with Crippen molar-refractivity contribution < 1.29 is 4.74 Å². The molecule has 0 aliphatic rings. The van der Waals surface area contributed by atoms with E-state index in [2.05, 4.69) is 15.0 Å². The first-order valence-electron chi connectivity index (χ1n) is 6.69. The van der Waals surface area contributed by atoms with Crippen molar-refractivity contribution in [2.75, 3.05) is 5.73 Å². The molecule has 1 atom stereocenters. The van der Waals surface area contributed by atoms with Gasteiger partial charge in [-0.1, -0.05) is 30.3 Å². The molecule has 0 amide bonds. The molecule has 0 unspecified atom stereocenters. The van der Waals surface area contributed by atoms with Crippen LogP contribution in [0.15, 0.2) is 43.0 Å². The van der Waals surface area contributed by atoms with E-state index in [1.807, 2.05) is 41.8 Å². The number of hydrogen-bond donors (Lipinski definition) is 1. The number of hydrogen-bond acceptors (Lipinski definition) is 5. The van der Waals surface area contributed by atoms with Crippen LogP contribution in [0, 0.1) is 6.61 Å². The summed E-state index contributed by atoms with van der Waals surface area (Å²) in [5.41, 5.74) is 8.15. The summed E-state index contributed by atoms with van der Waals surface area (Å²) in [6.45, 7) is 4.39. The molecule has 0 saturated carbocycles. The number of nitrogens with zero attached hydrogens (tertiary/aromatic N) is 4. The van der Waals surface area contributed by atoms with Crippen LogP contribution in [0.3, 0.4) is 0 Å². The van der Waals surface area contributed by atoms with E-state index in [1.54, 1.807) is 12.9 Å². The van der Waals surface area contributed by atoms with Crippen molar-refractivity contribution in [2.24, 2.45) is 0 Å². The van der Waals surface area contributed by atoms with Crippen LogP contribution in [0.1, 0.15) is 12.5 Å². The smallest absolute Gasteiger partial charge is 0.165 e. The fourth-order valence-corrected chi connectivity index (χ4v) is 2.08. The van der Waals surface area contributed by atoms with Crippen molar-refractivity contribution in [3.8, 4) is 0 Å². The lowest BCUT2D eigenvalue weighted by Crippen LogP contribution is -2.15. The normalized spacial score (nSPS) is 12.6. The molecule has 0 bridgehead atoms. The van der Waals surface area contributed by atoms with Gasteiger partial charge < -0.3 is 15.0 Å². The summed E-state index contributed by atoms with van der Waals surface area (Å²) in [5.74, 6) is 0.392. The van der Waals surface area contributed by atoms with Gasteiger partial charge in [0.25, 0.3) is 0 Å². The van der Waals surface area contributed by atoms with E-state index < -0.39 is 0 Å². The van der Waals surface area contributed by atoms with Gasteiger partial charge in [-0.3, -0.25) is 0 Å². The fourth-order valence-electron chi connectivity index (χ4n) is 2.08. The van der Waals surface area contributed by atoms with Crippen molar-refractivity contribution in [3.05, 3.63) is 55.2 Å². The van der Waals surface area contributed by atoms with Gasteiger partial charge in [-0.2, -0.15) is 0 Å². The number of fused-ring (bicyclic) bond motifs is 1. The molecule has 0 aliphatic carbocycles. The minimum Gasteiger partial charge on any atom is -0.382 e. The lowest BCUT2D eigenvalue weighted by Gasteiger charge is -2.13. The van der Waals surface area contributed by atoms with Gasteiger partial charge in [0.15, 0.2) is 11.5 Å². The standard InChI is InChI=1S/C15H16N5O/c1-11(21-8-12-5-3-2-4-6-12)7-20-10-19-13-14(16)17-9-18-15(13)20/h2-6,8-11H,7H2,1H3,(H2,16,17,18)/t11-/m1/s1. The van der Waals surface area contributed by atoms with Gasteiger partial charge in [0.05, 0.1) is 19.0 Å². The highest BCUT2D eigenvalue weighted by Gasteiger charge is 2.11. The Morgan fingerprint density at radius 3 is 2.86 bits per heavy atom. The summed E-state index contributed by atoms with van der Waals surface area (Å²) in [4.78, 5) is 12.4. The Kier molecular flexibility index (Phi) is 3.79. The molecule has 0 fully saturated rings. The largest absolute Gasteiger partial charge is 0.382 e. The van der Waals surface area contributed by atoms with Crippen LogP contribution in [0.4, 0.5) is 5.82 Å². The van der Waals surface area contributed by atoms with Gasteiger partial charge in [0.1, 0.15) is 18.5 Å². The number of ether oxygens (including phenoxy) is 1. The molecule has 1 radical (unpaired) electrons. The van der Waals surface area contributed by atoms with E-state index >= 15 is 0 Å². The van der Waals surface area contributed by atoms with Crippen LogP contribution in [-0.2, 0) is 11.3 Å². The van der Waals surface area contributed by atoms with Crippen LogP contribution in [-0.4, -0.2) is 25.6 Å². The molecule has 1 aromatic carbocycles. The quantitative estimate of drug-likeness (QED) is 0.774. The molecule has 0 aliphatic heterocycles. The minimum atomic E-state index is -0.0150. The Hall–Kier alpha value is -2.47. The topological polar surface area (TPSA) is 78.9 Å².